The maximum Gasteiger partial charge on any atom is 0.433 e. The summed E-state index contributed by atoms with van der Waals surface area (Å²) in [4.78, 5) is 16.2. The van der Waals surface area contributed by atoms with Gasteiger partial charge in [0.1, 0.15) is 5.69 Å². The summed E-state index contributed by atoms with van der Waals surface area (Å²) in [5.41, 5.74) is 0.341. The second-order valence-electron chi connectivity index (χ2n) is 6.91. The molecule has 0 bridgehead atoms. The molecule has 1 aliphatic rings. The molecule has 1 saturated heterocycles. The van der Waals surface area contributed by atoms with Crippen molar-refractivity contribution in [3.8, 4) is 0 Å². The van der Waals surface area contributed by atoms with Crippen LogP contribution in [0.1, 0.15) is 11.3 Å². The van der Waals surface area contributed by atoms with Crippen molar-refractivity contribution in [1.29, 1.82) is 0 Å². The molecule has 1 aromatic heterocycles. The van der Waals surface area contributed by atoms with Crippen molar-refractivity contribution in [2.45, 2.75) is 12.7 Å². The first kappa shape index (κ1) is 25.1. The van der Waals surface area contributed by atoms with Crippen LogP contribution in [0.15, 0.2) is 47.6 Å². The van der Waals surface area contributed by atoms with E-state index in [0.29, 0.717) is 13.1 Å². The van der Waals surface area contributed by atoms with E-state index in [1.165, 1.54) is 5.56 Å². The first-order valence-electron chi connectivity index (χ1n) is 9.81. The fourth-order valence-electron chi connectivity index (χ4n) is 3.24. The van der Waals surface area contributed by atoms with Crippen molar-refractivity contribution in [3.63, 3.8) is 0 Å². The largest absolute Gasteiger partial charge is 0.433 e. The highest BCUT2D eigenvalue weighted by Gasteiger charge is 2.32. The maximum absolute atomic E-state index is 12.7. The number of halogens is 4. The molecule has 0 radical (unpaired) electrons. The van der Waals surface area contributed by atoms with Crippen molar-refractivity contribution in [2.75, 3.05) is 51.6 Å². The fourth-order valence-corrected chi connectivity index (χ4v) is 3.24. The lowest BCUT2D eigenvalue weighted by atomic mass is 10.2. The van der Waals surface area contributed by atoms with Gasteiger partial charge in [-0.05, 0) is 11.6 Å². The number of nitrogens with zero attached hydrogens (tertiary/aromatic N) is 5. The van der Waals surface area contributed by atoms with Crippen LogP contribution in [0.5, 0.6) is 0 Å². The van der Waals surface area contributed by atoms with Gasteiger partial charge >= 0.3 is 6.18 Å². The number of aliphatic imine (C=N–C) groups is 1. The molecule has 1 aliphatic heterocycles. The van der Waals surface area contributed by atoms with Crippen molar-refractivity contribution < 1.29 is 13.2 Å². The van der Waals surface area contributed by atoms with Crippen molar-refractivity contribution in [1.82, 2.24) is 25.1 Å². The third-order valence-corrected chi connectivity index (χ3v) is 4.77. The van der Waals surface area contributed by atoms with Gasteiger partial charge in [-0.3, -0.25) is 9.89 Å². The molecule has 0 spiro atoms. The molecule has 0 amide bonds. The Balaban J connectivity index is 0.00000341. The highest BCUT2D eigenvalue weighted by Crippen LogP contribution is 2.27. The molecule has 7 nitrogen and oxygen atoms in total. The van der Waals surface area contributed by atoms with E-state index in [9.17, 15) is 13.2 Å². The first-order chi connectivity index (χ1) is 14.5. The van der Waals surface area contributed by atoms with E-state index >= 15 is 0 Å². The van der Waals surface area contributed by atoms with Crippen LogP contribution in [0, 0.1) is 0 Å². The molecule has 170 valence electrons. The number of alkyl halides is 3. The summed E-state index contributed by atoms with van der Waals surface area (Å²) >= 11 is 0. The van der Waals surface area contributed by atoms with Crippen LogP contribution >= 0.6 is 24.0 Å². The normalized spacial score (nSPS) is 15.4. The topological polar surface area (TPSA) is 68.7 Å². The van der Waals surface area contributed by atoms with Crippen LogP contribution in [0.3, 0.4) is 0 Å². The zero-order chi connectivity index (χ0) is 21.4. The molecular formula is C20H27F3IN7. The minimum atomic E-state index is -4.48. The fraction of sp³-hybridized carbons (Fsp3) is 0.450. The van der Waals surface area contributed by atoms with Crippen LogP contribution in [0.2, 0.25) is 0 Å². The highest BCUT2D eigenvalue weighted by molar-refractivity contribution is 14.0. The molecule has 3 rings (SSSR count). The summed E-state index contributed by atoms with van der Waals surface area (Å²) in [5.74, 6) is 0.734. The van der Waals surface area contributed by atoms with E-state index in [0.717, 1.165) is 50.9 Å². The van der Waals surface area contributed by atoms with Crippen LogP contribution < -0.4 is 10.6 Å². The van der Waals surface area contributed by atoms with E-state index in [1.54, 1.807) is 7.05 Å². The van der Waals surface area contributed by atoms with Crippen LogP contribution in [0.25, 0.3) is 0 Å². The Morgan fingerprint density at radius 2 is 1.77 bits per heavy atom. The number of piperazine rings is 1. The molecular weight excluding hydrogens is 522 g/mol. The maximum atomic E-state index is 12.7. The molecule has 0 atom stereocenters. The van der Waals surface area contributed by atoms with Gasteiger partial charge in [0, 0.05) is 59.1 Å². The van der Waals surface area contributed by atoms with Crippen molar-refractivity contribution in [3.05, 3.63) is 53.9 Å². The lowest BCUT2D eigenvalue weighted by Crippen LogP contribution is -2.52. The van der Waals surface area contributed by atoms with E-state index in [2.05, 4.69) is 59.7 Å². The van der Waals surface area contributed by atoms with Gasteiger partial charge in [-0.15, -0.1) is 24.0 Å². The number of rotatable bonds is 6. The Kier molecular flexibility index (Phi) is 9.75. The van der Waals surface area contributed by atoms with E-state index in [1.807, 2.05) is 6.07 Å². The van der Waals surface area contributed by atoms with Crippen molar-refractivity contribution in [2.24, 2.45) is 4.99 Å². The third-order valence-electron chi connectivity index (χ3n) is 4.77. The Bertz CT molecular complexity index is 825. The van der Waals surface area contributed by atoms with E-state index in [-0.39, 0.29) is 29.9 Å². The Morgan fingerprint density at radius 1 is 1.06 bits per heavy atom. The number of hydrogen-bond acceptors (Lipinski definition) is 5. The Morgan fingerprint density at radius 3 is 2.42 bits per heavy atom. The van der Waals surface area contributed by atoms with Gasteiger partial charge < -0.3 is 15.5 Å². The van der Waals surface area contributed by atoms with Gasteiger partial charge in [-0.25, -0.2) is 9.97 Å². The average molecular weight is 549 g/mol. The molecule has 2 N–H and O–H groups in total. The molecule has 0 aliphatic carbocycles. The van der Waals surface area contributed by atoms with Gasteiger partial charge in [0.25, 0.3) is 0 Å². The van der Waals surface area contributed by atoms with E-state index < -0.39 is 11.9 Å². The van der Waals surface area contributed by atoms with Crippen LogP contribution in [-0.4, -0.2) is 72.0 Å². The summed E-state index contributed by atoms with van der Waals surface area (Å²) in [6.07, 6.45) is -3.39. The summed E-state index contributed by atoms with van der Waals surface area (Å²) in [7, 11) is 1.72. The van der Waals surface area contributed by atoms with Crippen molar-refractivity contribution >= 4 is 35.9 Å². The summed E-state index contributed by atoms with van der Waals surface area (Å²) in [6, 6.07) is 11.2. The lowest BCUT2D eigenvalue weighted by Gasteiger charge is -2.36. The molecule has 0 saturated carbocycles. The Labute approximate surface area is 197 Å². The molecule has 31 heavy (non-hydrogen) atoms. The predicted molar refractivity (Wildman–Crippen MR) is 126 cm³/mol. The van der Waals surface area contributed by atoms with Crippen LogP contribution in [0.4, 0.5) is 19.1 Å². The SMILES string of the molecule is CN=C(NCCNc1nccc(C(F)(F)F)n1)N1CCN(Cc2ccccc2)CC1.I. The number of nitrogens with one attached hydrogen (secondary N) is 2. The second-order valence-corrected chi connectivity index (χ2v) is 6.91. The Hall–Kier alpha value is -2.15. The summed E-state index contributed by atoms with van der Waals surface area (Å²) in [6.45, 7) is 5.37. The predicted octanol–water partition coefficient (Wildman–Crippen LogP) is 2.92. The average Bonchev–Trinajstić information content (AvgIpc) is 2.75. The molecule has 1 aromatic carbocycles. The molecule has 2 aromatic rings. The minimum Gasteiger partial charge on any atom is -0.354 e. The zero-order valence-electron chi connectivity index (χ0n) is 17.3. The monoisotopic (exact) mass is 549 g/mol. The first-order valence-corrected chi connectivity index (χ1v) is 9.81. The number of hydrogen-bond donors (Lipinski definition) is 2. The van der Waals surface area contributed by atoms with Gasteiger partial charge in [-0.1, -0.05) is 30.3 Å². The van der Waals surface area contributed by atoms with Gasteiger partial charge in [0.15, 0.2) is 5.96 Å². The molecule has 11 heteroatoms. The highest BCUT2D eigenvalue weighted by atomic mass is 127. The molecule has 1 fully saturated rings. The van der Waals surface area contributed by atoms with E-state index in [4.69, 9.17) is 0 Å². The number of anilines is 1. The quantitative estimate of drug-likeness (QED) is 0.250. The number of aromatic nitrogens is 2. The van der Waals surface area contributed by atoms with Gasteiger partial charge in [-0.2, -0.15) is 13.2 Å². The number of benzene rings is 1. The summed E-state index contributed by atoms with van der Waals surface area (Å²) < 4.78 is 38.1. The lowest BCUT2D eigenvalue weighted by molar-refractivity contribution is -0.141. The zero-order valence-corrected chi connectivity index (χ0v) is 19.6. The second kappa shape index (κ2) is 12.0. The van der Waals surface area contributed by atoms with Gasteiger partial charge in [0.2, 0.25) is 5.95 Å². The summed E-state index contributed by atoms with van der Waals surface area (Å²) in [5, 5.41) is 6.04. The smallest absolute Gasteiger partial charge is 0.354 e. The molecule has 0 unspecified atom stereocenters. The standard InChI is InChI=1S/C20H26F3N7.HI/c1-24-19(27-10-9-26-18-25-8-7-17(28-18)20(21,22)23)30-13-11-29(12-14-30)15-16-5-3-2-4-6-16;/h2-8H,9-15H2,1H3,(H,24,27)(H,25,26,28);1H. The van der Waals surface area contributed by atoms with Crippen LogP contribution in [-0.2, 0) is 12.7 Å². The van der Waals surface area contributed by atoms with Gasteiger partial charge in [0.05, 0.1) is 0 Å². The third kappa shape index (κ3) is 7.80. The minimum absolute atomic E-state index is 0. The molecule has 2 heterocycles. The number of guanidine groups is 1.